The number of benzene rings is 1. The summed E-state index contributed by atoms with van der Waals surface area (Å²) >= 11 is 0. The molecule has 1 aromatic heterocycles. The summed E-state index contributed by atoms with van der Waals surface area (Å²) in [7, 11) is 0. The number of carbonyl (C=O) groups excluding carboxylic acids is 1. The van der Waals surface area contributed by atoms with Crippen LogP contribution in [0.2, 0.25) is 0 Å². The minimum Gasteiger partial charge on any atom is -0.346 e. The van der Waals surface area contributed by atoms with Crippen molar-refractivity contribution in [2.45, 2.75) is 25.6 Å². The Morgan fingerprint density at radius 3 is 2.85 bits per heavy atom. The molecule has 6 nitrogen and oxygen atoms in total. The van der Waals surface area contributed by atoms with E-state index < -0.39 is 17.6 Å². The van der Waals surface area contributed by atoms with E-state index in [-0.39, 0.29) is 29.8 Å². The number of nitrogens with one attached hydrogen (secondary N) is 2. The number of alkyl halides is 3. The normalized spacial score (nSPS) is 20.3. The average molecular weight is 390 g/mol. The van der Waals surface area contributed by atoms with Gasteiger partial charge in [0.05, 0.1) is 17.4 Å². The SMILES string of the molecule is CC1CCNCC1NC(=O)c1cn(-c2cccc(C(F)(F)F)c2)nn1.Cl. The Hall–Kier alpha value is -2.13. The van der Waals surface area contributed by atoms with Gasteiger partial charge in [-0.1, -0.05) is 18.2 Å². The van der Waals surface area contributed by atoms with Crippen LogP contribution >= 0.6 is 12.4 Å². The van der Waals surface area contributed by atoms with E-state index in [0.29, 0.717) is 12.5 Å². The van der Waals surface area contributed by atoms with Crippen LogP contribution in [0.1, 0.15) is 29.4 Å². The zero-order chi connectivity index (χ0) is 18.0. The summed E-state index contributed by atoms with van der Waals surface area (Å²) in [5, 5.41) is 13.6. The molecule has 1 aliphatic rings. The minimum atomic E-state index is -4.44. The average Bonchev–Trinajstić information content (AvgIpc) is 3.06. The van der Waals surface area contributed by atoms with E-state index in [1.807, 2.05) is 0 Å². The van der Waals surface area contributed by atoms with Crippen LogP contribution in [0.25, 0.3) is 5.69 Å². The van der Waals surface area contributed by atoms with Crippen molar-refractivity contribution in [2.24, 2.45) is 5.92 Å². The van der Waals surface area contributed by atoms with Crippen molar-refractivity contribution >= 4 is 18.3 Å². The molecule has 26 heavy (non-hydrogen) atoms. The maximum absolute atomic E-state index is 12.8. The van der Waals surface area contributed by atoms with Crippen molar-refractivity contribution in [2.75, 3.05) is 13.1 Å². The smallest absolute Gasteiger partial charge is 0.346 e. The first-order valence-electron chi connectivity index (χ1n) is 7.96. The van der Waals surface area contributed by atoms with Gasteiger partial charge in [0.15, 0.2) is 5.69 Å². The fourth-order valence-electron chi connectivity index (χ4n) is 2.74. The van der Waals surface area contributed by atoms with Gasteiger partial charge in [-0.2, -0.15) is 13.2 Å². The summed E-state index contributed by atoms with van der Waals surface area (Å²) < 4.78 is 39.6. The van der Waals surface area contributed by atoms with Crippen LogP contribution in [0.15, 0.2) is 30.5 Å². The lowest BCUT2D eigenvalue weighted by Gasteiger charge is -2.29. The third-order valence-electron chi connectivity index (χ3n) is 4.31. The van der Waals surface area contributed by atoms with E-state index >= 15 is 0 Å². The largest absolute Gasteiger partial charge is 0.416 e. The molecular weight excluding hydrogens is 371 g/mol. The van der Waals surface area contributed by atoms with Crippen molar-refractivity contribution in [1.82, 2.24) is 25.6 Å². The van der Waals surface area contributed by atoms with Crippen LogP contribution in [-0.4, -0.2) is 40.0 Å². The molecule has 2 atom stereocenters. The molecular formula is C16H19ClF3N5O. The first kappa shape index (κ1) is 20.2. The van der Waals surface area contributed by atoms with E-state index in [1.165, 1.54) is 18.3 Å². The zero-order valence-electron chi connectivity index (χ0n) is 14.0. The molecule has 1 saturated heterocycles. The molecule has 0 radical (unpaired) electrons. The molecule has 1 fully saturated rings. The Morgan fingerprint density at radius 2 is 2.15 bits per heavy atom. The van der Waals surface area contributed by atoms with Crippen LogP contribution in [0.5, 0.6) is 0 Å². The van der Waals surface area contributed by atoms with Gasteiger partial charge in [0, 0.05) is 12.6 Å². The standard InChI is InChI=1S/C16H18F3N5O.ClH/c1-10-5-6-20-8-13(10)21-15(25)14-9-24(23-22-14)12-4-2-3-11(7-12)16(17,18)19;/h2-4,7,9-10,13,20H,5-6,8H2,1H3,(H,21,25);1H. The lowest BCUT2D eigenvalue weighted by atomic mass is 9.95. The summed E-state index contributed by atoms with van der Waals surface area (Å²) in [5.74, 6) is -0.0533. The third-order valence-corrected chi connectivity index (χ3v) is 4.31. The minimum absolute atomic E-state index is 0. The summed E-state index contributed by atoms with van der Waals surface area (Å²) in [6, 6.07) is 4.68. The van der Waals surface area contributed by atoms with Gasteiger partial charge in [0.25, 0.3) is 5.91 Å². The fraction of sp³-hybridized carbons (Fsp3) is 0.438. The number of amides is 1. The first-order chi connectivity index (χ1) is 11.8. The number of hydrogen-bond acceptors (Lipinski definition) is 4. The molecule has 10 heteroatoms. The Balaban J connectivity index is 0.00000243. The highest BCUT2D eigenvalue weighted by molar-refractivity contribution is 5.92. The van der Waals surface area contributed by atoms with Crippen molar-refractivity contribution in [3.63, 3.8) is 0 Å². The second kappa shape index (κ2) is 8.05. The highest BCUT2D eigenvalue weighted by Gasteiger charge is 2.30. The maximum Gasteiger partial charge on any atom is 0.416 e. The number of halogens is 4. The molecule has 0 bridgehead atoms. The number of piperidine rings is 1. The molecule has 0 saturated carbocycles. The third kappa shape index (κ3) is 4.53. The topological polar surface area (TPSA) is 71.8 Å². The molecule has 0 spiro atoms. The number of hydrogen-bond donors (Lipinski definition) is 2. The van der Waals surface area contributed by atoms with E-state index in [9.17, 15) is 18.0 Å². The van der Waals surface area contributed by atoms with Gasteiger partial charge in [-0.25, -0.2) is 4.68 Å². The molecule has 3 rings (SSSR count). The number of carbonyl (C=O) groups is 1. The van der Waals surface area contributed by atoms with Crippen molar-refractivity contribution in [1.29, 1.82) is 0 Å². The van der Waals surface area contributed by atoms with Gasteiger partial charge >= 0.3 is 6.18 Å². The predicted octanol–water partition coefficient (Wildman–Crippen LogP) is 2.44. The second-order valence-corrected chi connectivity index (χ2v) is 6.15. The van der Waals surface area contributed by atoms with Crippen molar-refractivity contribution < 1.29 is 18.0 Å². The van der Waals surface area contributed by atoms with Crippen LogP contribution < -0.4 is 10.6 Å². The van der Waals surface area contributed by atoms with Crippen LogP contribution in [0, 0.1) is 5.92 Å². The number of aromatic nitrogens is 3. The highest BCUT2D eigenvalue weighted by atomic mass is 35.5. The summed E-state index contributed by atoms with van der Waals surface area (Å²) in [6.07, 6.45) is -2.16. The van der Waals surface area contributed by atoms with Crippen LogP contribution in [-0.2, 0) is 6.18 Å². The van der Waals surface area contributed by atoms with E-state index in [2.05, 4.69) is 27.9 Å². The zero-order valence-corrected chi connectivity index (χ0v) is 14.8. The lowest BCUT2D eigenvalue weighted by molar-refractivity contribution is -0.137. The molecule has 142 valence electrons. The van der Waals surface area contributed by atoms with Gasteiger partial charge in [-0.05, 0) is 37.1 Å². The number of nitrogens with zero attached hydrogens (tertiary/aromatic N) is 3. The number of rotatable bonds is 3. The quantitative estimate of drug-likeness (QED) is 0.845. The van der Waals surface area contributed by atoms with Crippen LogP contribution in [0.3, 0.4) is 0 Å². The van der Waals surface area contributed by atoms with Crippen LogP contribution in [0.4, 0.5) is 13.2 Å². The van der Waals surface area contributed by atoms with Gasteiger partial charge < -0.3 is 10.6 Å². The monoisotopic (exact) mass is 389 g/mol. The van der Waals surface area contributed by atoms with Crippen molar-refractivity contribution in [3.8, 4) is 5.69 Å². The van der Waals surface area contributed by atoms with E-state index in [4.69, 9.17) is 0 Å². The molecule has 2 N–H and O–H groups in total. The molecule has 1 aliphatic heterocycles. The van der Waals surface area contributed by atoms with Crippen molar-refractivity contribution in [3.05, 3.63) is 41.7 Å². The lowest BCUT2D eigenvalue weighted by Crippen LogP contribution is -2.50. The van der Waals surface area contributed by atoms with Gasteiger partial charge in [0.1, 0.15) is 0 Å². The Labute approximate surface area is 154 Å². The Morgan fingerprint density at radius 1 is 1.38 bits per heavy atom. The Bertz CT molecular complexity index is 764. The molecule has 2 heterocycles. The van der Waals surface area contributed by atoms with E-state index in [0.717, 1.165) is 29.8 Å². The first-order valence-corrected chi connectivity index (χ1v) is 7.96. The fourth-order valence-corrected chi connectivity index (χ4v) is 2.74. The molecule has 0 aliphatic carbocycles. The molecule has 2 aromatic rings. The molecule has 1 aromatic carbocycles. The van der Waals surface area contributed by atoms with Gasteiger partial charge in [-0.3, -0.25) is 4.79 Å². The summed E-state index contributed by atoms with van der Waals surface area (Å²) in [4.78, 5) is 12.3. The molecule has 2 unspecified atom stereocenters. The maximum atomic E-state index is 12.8. The summed E-state index contributed by atoms with van der Waals surface area (Å²) in [5.41, 5.74) is -0.530. The summed E-state index contributed by atoms with van der Waals surface area (Å²) in [6.45, 7) is 3.65. The molecule has 1 amide bonds. The highest BCUT2D eigenvalue weighted by Crippen LogP contribution is 2.30. The van der Waals surface area contributed by atoms with Gasteiger partial charge in [-0.15, -0.1) is 17.5 Å². The second-order valence-electron chi connectivity index (χ2n) is 6.15. The van der Waals surface area contributed by atoms with E-state index in [1.54, 1.807) is 0 Å². The van der Waals surface area contributed by atoms with Gasteiger partial charge in [0.2, 0.25) is 0 Å². The Kier molecular flexibility index (Phi) is 6.25. The predicted molar refractivity (Wildman–Crippen MR) is 91.5 cm³/mol.